The van der Waals surface area contributed by atoms with Gasteiger partial charge in [-0.15, -0.1) is 0 Å². The van der Waals surface area contributed by atoms with Crippen LogP contribution in [-0.4, -0.2) is 36.7 Å². The number of amides is 1. The van der Waals surface area contributed by atoms with Crippen molar-refractivity contribution in [2.75, 3.05) is 20.8 Å². The summed E-state index contributed by atoms with van der Waals surface area (Å²) in [6.45, 7) is 0.655. The highest BCUT2D eigenvalue weighted by atomic mass is 35.5. The molecule has 1 aliphatic rings. The second-order valence-electron chi connectivity index (χ2n) is 5.93. The fourth-order valence-electron chi connectivity index (χ4n) is 3.24. The topological polar surface area (TPSA) is 59.0 Å². The van der Waals surface area contributed by atoms with E-state index in [4.69, 9.17) is 21.1 Å². The number of benzene rings is 2. The number of nitrogens with zero attached hydrogens (tertiary/aromatic N) is 1. The molecular formula is C19H20ClNO4. The largest absolute Gasteiger partial charge is 0.506 e. The Labute approximate surface area is 151 Å². The highest BCUT2D eigenvalue weighted by Crippen LogP contribution is 2.39. The van der Waals surface area contributed by atoms with Crippen LogP contribution in [0.2, 0.25) is 5.02 Å². The second kappa shape index (κ2) is 7.23. The third-order valence-electron chi connectivity index (χ3n) is 4.50. The predicted octanol–water partition coefficient (Wildman–Crippen LogP) is 4.04. The molecule has 5 nitrogen and oxygen atoms in total. The molecule has 2 aromatic rings. The Morgan fingerprint density at radius 1 is 1.20 bits per heavy atom. The minimum absolute atomic E-state index is 0.0364. The zero-order valence-electron chi connectivity index (χ0n) is 14.2. The number of halogens is 1. The molecule has 1 saturated heterocycles. The summed E-state index contributed by atoms with van der Waals surface area (Å²) in [4.78, 5) is 14.8. The highest BCUT2D eigenvalue weighted by Gasteiger charge is 2.33. The van der Waals surface area contributed by atoms with Gasteiger partial charge in [-0.1, -0.05) is 11.6 Å². The molecule has 2 aromatic carbocycles. The molecule has 1 amide bonds. The number of carbonyl (C=O) groups is 1. The van der Waals surface area contributed by atoms with Crippen molar-refractivity contribution in [1.29, 1.82) is 0 Å². The lowest BCUT2D eigenvalue weighted by atomic mass is 10.0. The van der Waals surface area contributed by atoms with Crippen LogP contribution in [0.5, 0.6) is 17.2 Å². The second-order valence-corrected chi connectivity index (χ2v) is 6.34. The van der Waals surface area contributed by atoms with Crippen LogP contribution in [-0.2, 0) is 0 Å². The number of rotatable bonds is 4. The number of hydrogen-bond donors (Lipinski definition) is 1. The Bertz CT molecular complexity index is 793. The SMILES string of the molecule is COc1ccc(OC)c([C@H]2CCCN2C(=O)c2ccc(O)c(Cl)c2)c1. The zero-order chi connectivity index (χ0) is 18.0. The summed E-state index contributed by atoms with van der Waals surface area (Å²) >= 11 is 5.95. The number of methoxy groups -OCH3 is 2. The van der Waals surface area contributed by atoms with Gasteiger partial charge in [0.2, 0.25) is 0 Å². The van der Waals surface area contributed by atoms with Gasteiger partial charge in [0.1, 0.15) is 17.2 Å². The van der Waals surface area contributed by atoms with Crippen LogP contribution < -0.4 is 9.47 Å². The number of carbonyl (C=O) groups excluding carboxylic acids is 1. The third-order valence-corrected chi connectivity index (χ3v) is 4.81. The molecule has 1 fully saturated rings. The van der Waals surface area contributed by atoms with Crippen molar-refractivity contribution < 1.29 is 19.4 Å². The molecule has 0 aliphatic carbocycles. The fraction of sp³-hybridized carbons (Fsp3) is 0.316. The third kappa shape index (κ3) is 3.37. The van der Waals surface area contributed by atoms with Gasteiger partial charge in [0.05, 0.1) is 25.3 Å². The van der Waals surface area contributed by atoms with Gasteiger partial charge < -0.3 is 19.5 Å². The first-order valence-electron chi connectivity index (χ1n) is 8.06. The molecule has 0 bridgehead atoms. The van der Waals surface area contributed by atoms with E-state index in [1.165, 1.54) is 12.1 Å². The number of aromatic hydroxyl groups is 1. The summed E-state index contributed by atoms with van der Waals surface area (Å²) in [5.74, 6) is 1.30. The molecule has 132 valence electrons. The van der Waals surface area contributed by atoms with Gasteiger partial charge >= 0.3 is 0 Å². The Morgan fingerprint density at radius 2 is 2.00 bits per heavy atom. The molecule has 25 heavy (non-hydrogen) atoms. The Hall–Kier alpha value is -2.40. The summed E-state index contributed by atoms with van der Waals surface area (Å²) in [5.41, 5.74) is 1.38. The normalized spacial score (nSPS) is 16.8. The number of ether oxygens (including phenoxy) is 2. The minimum Gasteiger partial charge on any atom is -0.506 e. The maximum atomic E-state index is 13.0. The molecular weight excluding hydrogens is 342 g/mol. The molecule has 0 spiro atoms. The standard InChI is InChI=1S/C19H20ClNO4/c1-24-13-6-8-18(25-2)14(11-13)16-4-3-9-21(16)19(23)12-5-7-17(22)15(20)10-12/h5-8,10-11,16,22H,3-4,9H2,1-2H3/t16-/m1/s1. The van der Waals surface area contributed by atoms with Crippen molar-refractivity contribution in [2.45, 2.75) is 18.9 Å². The Balaban J connectivity index is 1.95. The van der Waals surface area contributed by atoms with E-state index in [0.717, 1.165) is 29.9 Å². The van der Waals surface area contributed by atoms with Crippen molar-refractivity contribution >= 4 is 17.5 Å². The van der Waals surface area contributed by atoms with Crippen LogP contribution in [0.3, 0.4) is 0 Å². The Morgan fingerprint density at radius 3 is 2.68 bits per heavy atom. The first-order valence-corrected chi connectivity index (χ1v) is 8.44. The lowest BCUT2D eigenvalue weighted by Crippen LogP contribution is -2.30. The van der Waals surface area contributed by atoms with Crippen LogP contribution in [0, 0.1) is 0 Å². The van der Waals surface area contributed by atoms with Gasteiger partial charge in [0, 0.05) is 17.7 Å². The van der Waals surface area contributed by atoms with E-state index in [9.17, 15) is 9.90 Å². The van der Waals surface area contributed by atoms with Gasteiger partial charge in [0.15, 0.2) is 0 Å². The molecule has 1 atom stereocenters. The van der Waals surface area contributed by atoms with Crippen molar-refractivity contribution in [3.8, 4) is 17.2 Å². The number of hydrogen-bond acceptors (Lipinski definition) is 4. The summed E-state index contributed by atoms with van der Waals surface area (Å²) in [6, 6.07) is 10.0. The first kappa shape index (κ1) is 17.4. The number of phenolic OH excluding ortho intramolecular Hbond substituents is 1. The van der Waals surface area contributed by atoms with E-state index in [1.807, 2.05) is 23.1 Å². The average molecular weight is 362 g/mol. The Kier molecular flexibility index (Phi) is 5.04. The molecule has 6 heteroatoms. The summed E-state index contributed by atoms with van der Waals surface area (Å²) in [6.07, 6.45) is 1.75. The van der Waals surface area contributed by atoms with E-state index < -0.39 is 0 Å². The van der Waals surface area contributed by atoms with Gasteiger partial charge in [-0.25, -0.2) is 0 Å². The summed E-state index contributed by atoms with van der Waals surface area (Å²) in [7, 11) is 3.23. The van der Waals surface area contributed by atoms with Crippen LogP contribution in [0.25, 0.3) is 0 Å². The maximum absolute atomic E-state index is 13.0. The van der Waals surface area contributed by atoms with E-state index in [0.29, 0.717) is 12.1 Å². The monoisotopic (exact) mass is 361 g/mol. The first-order chi connectivity index (χ1) is 12.0. The van der Waals surface area contributed by atoms with E-state index >= 15 is 0 Å². The van der Waals surface area contributed by atoms with Gasteiger partial charge in [-0.3, -0.25) is 4.79 Å². The average Bonchev–Trinajstić information content (AvgIpc) is 3.12. The zero-order valence-corrected chi connectivity index (χ0v) is 14.9. The molecule has 0 unspecified atom stereocenters. The molecule has 0 radical (unpaired) electrons. The fourth-order valence-corrected chi connectivity index (χ4v) is 3.42. The van der Waals surface area contributed by atoms with E-state index in [2.05, 4.69) is 0 Å². The van der Waals surface area contributed by atoms with E-state index in [-0.39, 0.29) is 22.7 Å². The molecule has 1 heterocycles. The van der Waals surface area contributed by atoms with E-state index in [1.54, 1.807) is 20.3 Å². The lowest BCUT2D eigenvalue weighted by Gasteiger charge is -2.27. The van der Waals surface area contributed by atoms with Crippen LogP contribution >= 0.6 is 11.6 Å². The quantitative estimate of drug-likeness (QED) is 0.892. The van der Waals surface area contributed by atoms with Crippen molar-refractivity contribution in [1.82, 2.24) is 4.90 Å². The van der Waals surface area contributed by atoms with Crippen molar-refractivity contribution in [2.24, 2.45) is 0 Å². The number of likely N-dealkylation sites (tertiary alicyclic amines) is 1. The maximum Gasteiger partial charge on any atom is 0.254 e. The summed E-state index contributed by atoms with van der Waals surface area (Å²) < 4.78 is 10.8. The van der Waals surface area contributed by atoms with Gasteiger partial charge in [-0.2, -0.15) is 0 Å². The lowest BCUT2D eigenvalue weighted by molar-refractivity contribution is 0.0734. The molecule has 0 saturated carbocycles. The van der Waals surface area contributed by atoms with Crippen LogP contribution in [0.4, 0.5) is 0 Å². The number of phenols is 1. The van der Waals surface area contributed by atoms with Crippen molar-refractivity contribution in [3.05, 3.63) is 52.5 Å². The van der Waals surface area contributed by atoms with Crippen LogP contribution in [0.15, 0.2) is 36.4 Å². The molecule has 1 N–H and O–H groups in total. The molecule has 3 rings (SSSR count). The van der Waals surface area contributed by atoms with Gasteiger partial charge in [-0.05, 0) is 49.2 Å². The predicted molar refractivity (Wildman–Crippen MR) is 95.7 cm³/mol. The van der Waals surface area contributed by atoms with Crippen LogP contribution in [0.1, 0.15) is 34.8 Å². The minimum atomic E-state index is -0.116. The molecule has 0 aromatic heterocycles. The van der Waals surface area contributed by atoms with Gasteiger partial charge in [0.25, 0.3) is 5.91 Å². The van der Waals surface area contributed by atoms with Crippen molar-refractivity contribution in [3.63, 3.8) is 0 Å². The molecule has 1 aliphatic heterocycles. The highest BCUT2D eigenvalue weighted by molar-refractivity contribution is 6.32. The smallest absolute Gasteiger partial charge is 0.254 e. The summed E-state index contributed by atoms with van der Waals surface area (Å²) in [5, 5.41) is 9.73.